The molecule has 1 aromatic carbocycles. The lowest BCUT2D eigenvalue weighted by Gasteiger charge is -2.24. The van der Waals surface area contributed by atoms with Crippen LogP contribution < -0.4 is 5.73 Å². The van der Waals surface area contributed by atoms with Crippen molar-refractivity contribution in [3.63, 3.8) is 0 Å². The number of rotatable bonds is 4. The molecule has 2 rings (SSSR count). The van der Waals surface area contributed by atoms with Gasteiger partial charge >= 0.3 is 0 Å². The average molecular weight is 232 g/mol. The summed E-state index contributed by atoms with van der Waals surface area (Å²) in [7, 11) is 0. The summed E-state index contributed by atoms with van der Waals surface area (Å²) in [4.78, 5) is 14.0. The Kier molecular flexibility index (Phi) is 3.60. The molecule has 0 saturated carbocycles. The van der Waals surface area contributed by atoms with Gasteiger partial charge in [-0.25, -0.2) is 0 Å². The average Bonchev–Trinajstić information content (AvgIpc) is 2.75. The second kappa shape index (κ2) is 4.98. The van der Waals surface area contributed by atoms with E-state index < -0.39 is 0 Å². The number of nitrogens with zero attached hydrogens (tertiary/aromatic N) is 1. The van der Waals surface area contributed by atoms with Crippen LogP contribution in [-0.4, -0.2) is 30.3 Å². The van der Waals surface area contributed by atoms with Crippen LogP contribution >= 0.6 is 0 Å². The van der Waals surface area contributed by atoms with E-state index in [4.69, 9.17) is 5.73 Å². The Morgan fingerprint density at radius 3 is 2.65 bits per heavy atom. The smallest absolute Gasteiger partial charge is 0.138 e. The zero-order valence-electron chi connectivity index (χ0n) is 10.4. The molecule has 1 aliphatic rings. The summed E-state index contributed by atoms with van der Waals surface area (Å²) in [6, 6.07) is 10.4. The van der Waals surface area contributed by atoms with Crippen LogP contribution in [-0.2, 0) is 11.3 Å². The van der Waals surface area contributed by atoms with Crippen molar-refractivity contribution in [1.29, 1.82) is 0 Å². The van der Waals surface area contributed by atoms with Gasteiger partial charge in [-0.2, -0.15) is 0 Å². The Morgan fingerprint density at radius 2 is 2.12 bits per heavy atom. The van der Waals surface area contributed by atoms with E-state index in [0.29, 0.717) is 6.54 Å². The first-order valence-corrected chi connectivity index (χ1v) is 6.14. The van der Waals surface area contributed by atoms with Gasteiger partial charge in [0.15, 0.2) is 0 Å². The van der Waals surface area contributed by atoms with Gasteiger partial charge in [0.1, 0.15) is 5.78 Å². The maximum atomic E-state index is 11.7. The lowest BCUT2D eigenvalue weighted by molar-refractivity contribution is -0.125. The van der Waals surface area contributed by atoms with Gasteiger partial charge in [-0.15, -0.1) is 0 Å². The predicted molar refractivity (Wildman–Crippen MR) is 68.5 cm³/mol. The van der Waals surface area contributed by atoms with Gasteiger partial charge in [-0.1, -0.05) is 30.3 Å². The van der Waals surface area contributed by atoms with Gasteiger partial charge < -0.3 is 5.73 Å². The first kappa shape index (κ1) is 12.3. The van der Waals surface area contributed by atoms with Gasteiger partial charge in [0.05, 0.1) is 5.41 Å². The van der Waals surface area contributed by atoms with Crippen LogP contribution in [0, 0.1) is 5.41 Å². The highest BCUT2D eigenvalue weighted by atomic mass is 16.1. The predicted octanol–water partition coefficient (Wildman–Crippen LogP) is 1.43. The molecule has 0 aromatic heterocycles. The number of carbonyl (C=O) groups excluding carboxylic acids is 1. The minimum absolute atomic E-state index is 0.232. The van der Waals surface area contributed by atoms with Crippen LogP contribution in [0.15, 0.2) is 30.3 Å². The number of carbonyl (C=O) groups is 1. The van der Waals surface area contributed by atoms with Crippen molar-refractivity contribution in [2.24, 2.45) is 11.1 Å². The largest absolute Gasteiger partial charge is 0.329 e. The van der Waals surface area contributed by atoms with Crippen molar-refractivity contribution in [3.8, 4) is 0 Å². The van der Waals surface area contributed by atoms with E-state index in [9.17, 15) is 4.79 Å². The van der Waals surface area contributed by atoms with E-state index in [0.717, 1.165) is 26.1 Å². The fourth-order valence-corrected chi connectivity index (χ4v) is 2.53. The Balaban J connectivity index is 2.01. The molecule has 3 heteroatoms. The van der Waals surface area contributed by atoms with Crippen LogP contribution in [0.25, 0.3) is 0 Å². The standard InChI is InChI=1S/C14H20N2O/c1-12(17)14(10-15)7-8-16(11-14)9-13-5-3-2-4-6-13/h2-6H,7-11,15H2,1H3. The summed E-state index contributed by atoms with van der Waals surface area (Å²) < 4.78 is 0. The minimum Gasteiger partial charge on any atom is -0.329 e. The molecule has 1 saturated heterocycles. The van der Waals surface area contributed by atoms with Crippen molar-refractivity contribution < 1.29 is 4.79 Å². The Labute approximate surface area is 103 Å². The Morgan fingerprint density at radius 1 is 1.41 bits per heavy atom. The first-order valence-electron chi connectivity index (χ1n) is 6.14. The molecule has 0 amide bonds. The van der Waals surface area contributed by atoms with Gasteiger partial charge in [-0.05, 0) is 25.5 Å². The molecule has 1 aliphatic heterocycles. The number of benzene rings is 1. The Hall–Kier alpha value is -1.19. The molecule has 3 nitrogen and oxygen atoms in total. The van der Waals surface area contributed by atoms with E-state index in [1.165, 1.54) is 5.56 Å². The van der Waals surface area contributed by atoms with E-state index >= 15 is 0 Å². The summed E-state index contributed by atoms with van der Waals surface area (Å²) in [5, 5.41) is 0. The van der Waals surface area contributed by atoms with Crippen molar-refractivity contribution in [2.75, 3.05) is 19.6 Å². The lowest BCUT2D eigenvalue weighted by atomic mass is 9.83. The number of hydrogen-bond acceptors (Lipinski definition) is 3. The highest BCUT2D eigenvalue weighted by Gasteiger charge is 2.40. The van der Waals surface area contributed by atoms with Crippen LogP contribution in [0.2, 0.25) is 0 Å². The topological polar surface area (TPSA) is 46.3 Å². The van der Waals surface area contributed by atoms with Crippen molar-refractivity contribution >= 4 is 5.78 Å². The van der Waals surface area contributed by atoms with Crippen molar-refractivity contribution in [2.45, 2.75) is 19.9 Å². The number of ketones is 1. The first-order chi connectivity index (χ1) is 8.16. The summed E-state index contributed by atoms with van der Waals surface area (Å²) in [6.07, 6.45) is 0.895. The lowest BCUT2D eigenvalue weighted by Crippen LogP contribution is -2.39. The summed E-state index contributed by atoms with van der Waals surface area (Å²) >= 11 is 0. The van der Waals surface area contributed by atoms with E-state index in [2.05, 4.69) is 17.0 Å². The molecule has 1 aromatic rings. The molecule has 1 fully saturated rings. The second-order valence-electron chi connectivity index (χ2n) is 4.99. The monoisotopic (exact) mass is 232 g/mol. The minimum atomic E-state index is -0.297. The molecule has 0 radical (unpaired) electrons. The summed E-state index contributed by atoms with van der Waals surface area (Å²) in [5.74, 6) is 0.232. The maximum Gasteiger partial charge on any atom is 0.138 e. The fourth-order valence-electron chi connectivity index (χ4n) is 2.53. The number of hydrogen-bond donors (Lipinski definition) is 1. The van der Waals surface area contributed by atoms with Crippen LogP contribution in [0.3, 0.4) is 0 Å². The number of likely N-dealkylation sites (tertiary alicyclic amines) is 1. The third-order valence-electron chi connectivity index (χ3n) is 3.82. The highest BCUT2D eigenvalue weighted by molar-refractivity contribution is 5.83. The molecule has 0 spiro atoms. The molecule has 1 atom stereocenters. The molecular weight excluding hydrogens is 212 g/mol. The molecule has 17 heavy (non-hydrogen) atoms. The molecule has 0 bridgehead atoms. The third kappa shape index (κ3) is 2.56. The quantitative estimate of drug-likeness (QED) is 0.854. The zero-order chi connectivity index (χ0) is 12.3. The summed E-state index contributed by atoms with van der Waals surface area (Å²) in [6.45, 7) is 4.81. The van der Waals surface area contributed by atoms with Crippen LogP contribution in [0.4, 0.5) is 0 Å². The zero-order valence-corrected chi connectivity index (χ0v) is 10.4. The number of nitrogens with two attached hydrogens (primary N) is 1. The van der Waals surface area contributed by atoms with Crippen LogP contribution in [0.1, 0.15) is 18.9 Å². The SMILES string of the molecule is CC(=O)C1(CN)CCN(Cc2ccccc2)C1. The van der Waals surface area contributed by atoms with Crippen molar-refractivity contribution in [3.05, 3.63) is 35.9 Å². The molecule has 92 valence electrons. The number of Topliss-reactive ketones (excluding diaryl/α,β-unsaturated/α-hetero) is 1. The maximum absolute atomic E-state index is 11.7. The second-order valence-corrected chi connectivity index (χ2v) is 4.99. The highest BCUT2D eigenvalue weighted by Crippen LogP contribution is 2.31. The van der Waals surface area contributed by atoms with Gasteiger partial charge in [-0.3, -0.25) is 9.69 Å². The molecule has 1 heterocycles. The fraction of sp³-hybridized carbons (Fsp3) is 0.500. The third-order valence-corrected chi connectivity index (χ3v) is 3.82. The van der Waals surface area contributed by atoms with Gasteiger partial charge in [0, 0.05) is 19.6 Å². The normalized spacial score (nSPS) is 25.1. The van der Waals surface area contributed by atoms with Crippen LogP contribution in [0.5, 0.6) is 0 Å². The van der Waals surface area contributed by atoms with E-state index in [1.807, 2.05) is 18.2 Å². The van der Waals surface area contributed by atoms with E-state index in [-0.39, 0.29) is 11.2 Å². The summed E-state index contributed by atoms with van der Waals surface area (Å²) in [5.41, 5.74) is 6.78. The molecule has 0 aliphatic carbocycles. The van der Waals surface area contributed by atoms with E-state index in [1.54, 1.807) is 6.92 Å². The molecular formula is C14H20N2O. The molecule has 1 unspecified atom stereocenters. The van der Waals surface area contributed by atoms with Gasteiger partial charge in [0.25, 0.3) is 0 Å². The Bertz CT molecular complexity index is 390. The van der Waals surface area contributed by atoms with Crippen molar-refractivity contribution in [1.82, 2.24) is 4.90 Å². The molecule has 2 N–H and O–H groups in total. The van der Waals surface area contributed by atoms with Gasteiger partial charge in [0.2, 0.25) is 0 Å².